The first-order chi connectivity index (χ1) is 22.8. The highest BCUT2D eigenvalue weighted by Crippen LogP contribution is 2.23. The van der Waals surface area contributed by atoms with Crippen LogP contribution >= 0.6 is 0 Å². The van der Waals surface area contributed by atoms with Gasteiger partial charge in [0.25, 0.3) is 11.8 Å². The second-order valence-electron chi connectivity index (χ2n) is 11.8. The summed E-state index contributed by atoms with van der Waals surface area (Å²) in [7, 11) is -0.750. The molecule has 254 valence electrons. The third kappa shape index (κ3) is 9.90. The van der Waals surface area contributed by atoms with Crippen molar-refractivity contribution in [3.8, 4) is 5.75 Å². The summed E-state index contributed by atoms with van der Waals surface area (Å²) in [6.45, 7) is 3.98. The SMILES string of the molecule is COc1cccc([C@@H](C)NC[C@@H](O)[C@H](Cc2ccccc2)NC(=O)c2cc(C(=O)N[C@H](C)c3ccccc3)cc(N(C)S(C)(=O)=O)c2)c1. The lowest BCUT2D eigenvalue weighted by Crippen LogP contribution is -2.49. The van der Waals surface area contributed by atoms with Gasteiger partial charge in [-0.2, -0.15) is 0 Å². The third-order valence-electron chi connectivity index (χ3n) is 8.26. The Bertz CT molecular complexity index is 1790. The Morgan fingerprint density at radius 1 is 0.792 bits per heavy atom. The fraction of sp³-hybridized carbons (Fsp3) is 0.297. The summed E-state index contributed by atoms with van der Waals surface area (Å²) in [5.41, 5.74) is 3.11. The summed E-state index contributed by atoms with van der Waals surface area (Å²) < 4.78 is 31.3. The highest BCUT2D eigenvalue weighted by atomic mass is 32.2. The molecule has 0 bridgehead atoms. The second-order valence-corrected chi connectivity index (χ2v) is 13.9. The van der Waals surface area contributed by atoms with Crippen LogP contribution in [-0.2, 0) is 16.4 Å². The zero-order valence-electron chi connectivity index (χ0n) is 27.9. The topological polar surface area (TPSA) is 137 Å². The minimum atomic E-state index is -3.71. The Labute approximate surface area is 283 Å². The van der Waals surface area contributed by atoms with Gasteiger partial charge >= 0.3 is 0 Å². The molecule has 0 unspecified atom stereocenters. The third-order valence-corrected chi connectivity index (χ3v) is 9.46. The van der Waals surface area contributed by atoms with E-state index in [-0.39, 0.29) is 35.4 Å². The van der Waals surface area contributed by atoms with Gasteiger partial charge in [-0.15, -0.1) is 0 Å². The van der Waals surface area contributed by atoms with Crippen LogP contribution in [-0.4, -0.2) is 64.4 Å². The lowest BCUT2D eigenvalue weighted by molar-refractivity contribution is 0.0825. The predicted molar refractivity (Wildman–Crippen MR) is 189 cm³/mol. The lowest BCUT2D eigenvalue weighted by atomic mass is 9.99. The minimum absolute atomic E-state index is 0.0727. The number of nitrogens with zero attached hydrogens (tertiary/aromatic N) is 1. The van der Waals surface area contributed by atoms with Crippen LogP contribution in [0.15, 0.2) is 103 Å². The molecule has 4 atom stereocenters. The second kappa shape index (κ2) is 16.4. The van der Waals surface area contributed by atoms with Crippen LogP contribution in [0.3, 0.4) is 0 Å². The molecule has 4 rings (SSSR count). The maximum Gasteiger partial charge on any atom is 0.251 e. The van der Waals surface area contributed by atoms with E-state index >= 15 is 0 Å². The molecular weight excluding hydrogens is 628 g/mol. The van der Waals surface area contributed by atoms with Gasteiger partial charge in [0.2, 0.25) is 10.0 Å². The Morgan fingerprint density at radius 3 is 1.98 bits per heavy atom. The molecule has 0 aliphatic heterocycles. The number of benzene rings is 4. The molecule has 4 aromatic carbocycles. The Hall–Kier alpha value is -4.71. The molecule has 4 N–H and O–H groups in total. The highest BCUT2D eigenvalue weighted by molar-refractivity contribution is 7.92. The van der Waals surface area contributed by atoms with Crippen molar-refractivity contribution < 1.29 is 27.9 Å². The van der Waals surface area contributed by atoms with Gasteiger partial charge in [-0.3, -0.25) is 13.9 Å². The van der Waals surface area contributed by atoms with Gasteiger partial charge in [0, 0.05) is 30.8 Å². The van der Waals surface area contributed by atoms with Crippen LogP contribution in [0.25, 0.3) is 0 Å². The van der Waals surface area contributed by atoms with Crippen molar-refractivity contribution in [2.75, 3.05) is 31.3 Å². The normalized spacial score (nSPS) is 13.9. The molecule has 48 heavy (non-hydrogen) atoms. The monoisotopic (exact) mass is 672 g/mol. The summed E-state index contributed by atoms with van der Waals surface area (Å²) in [6, 6.07) is 29.6. The molecule has 0 radical (unpaired) electrons. The number of hydrogen-bond donors (Lipinski definition) is 4. The number of aliphatic hydroxyl groups excluding tert-OH is 1. The standard InChI is InChI=1S/C37H44N4O6S/c1-25(29-17-12-18-33(23-29)47-4)38-24-35(42)34(19-27-13-8-6-9-14-27)40-37(44)31-20-30(21-32(22-31)41(3)48(5,45)46)36(43)39-26(2)28-15-10-7-11-16-28/h6-18,20-23,25-26,34-35,38,42H,19,24H2,1-5H3,(H,39,43)(H,40,44)/t25-,26-,34+,35-/m1/s1. The van der Waals surface area contributed by atoms with Crippen molar-refractivity contribution >= 4 is 27.5 Å². The van der Waals surface area contributed by atoms with E-state index in [1.165, 1.54) is 25.2 Å². The number of amides is 2. The van der Waals surface area contributed by atoms with Gasteiger partial charge in [-0.1, -0.05) is 72.8 Å². The maximum absolute atomic E-state index is 13.9. The summed E-state index contributed by atoms with van der Waals surface area (Å²) in [5, 5.41) is 20.6. The molecule has 0 fully saturated rings. The van der Waals surface area contributed by atoms with E-state index in [4.69, 9.17) is 4.74 Å². The Morgan fingerprint density at radius 2 is 1.38 bits per heavy atom. The van der Waals surface area contributed by atoms with Gasteiger partial charge in [-0.05, 0) is 67.3 Å². The van der Waals surface area contributed by atoms with Crippen molar-refractivity contribution in [3.05, 3.63) is 131 Å². The highest BCUT2D eigenvalue weighted by Gasteiger charge is 2.25. The smallest absolute Gasteiger partial charge is 0.251 e. The summed E-state index contributed by atoms with van der Waals surface area (Å²) in [4.78, 5) is 27.3. The Balaban J connectivity index is 1.59. The van der Waals surface area contributed by atoms with E-state index < -0.39 is 34.0 Å². The summed E-state index contributed by atoms with van der Waals surface area (Å²) in [5.74, 6) is -0.312. The average Bonchev–Trinajstić information content (AvgIpc) is 3.09. The van der Waals surface area contributed by atoms with E-state index in [9.17, 15) is 23.1 Å². The van der Waals surface area contributed by atoms with Gasteiger partial charge in [0.15, 0.2) is 0 Å². The van der Waals surface area contributed by atoms with E-state index in [1.54, 1.807) is 7.11 Å². The predicted octanol–water partition coefficient (Wildman–Crippen LogP) is 4.63. The van der Waals surface area contributed by atoms with E-state index in [0.717, 1.165) is 33.0 Å². The molecule has 10 nitrogen and oxygen atoms in total. The van der Waals surface area contributed by atoms with Crippen LogP contribution in [0.2, 0.25) is 0 Å². The largest absolute Gasteiger partial charge is 0.497 e. The quantitative estimate of drug-likeness (QED) is 0.145. The van der Waals surface area contributed by atoms with Crippen LogP contribution in [0.5, 0.6) is 5.75 Å². The number of carbonyl (C=O) groups is 2. The van der Waals surface area contributed by atoms with Crippen molar-refractivity contribution in [1.29, 1.82) is 0 Å². The van der Waals surface area contributed by atoms with Crippen molar-refractivity contribution in [2.24, 2.45) is 0 Å². The first-order valence-corrected chi connectivity index (χ1v) is 17.6. The molecule has 0 spiro atoms. The minimum Gasteiger partial charge on any atom is -0.497 e. The molecule has 2 amide bonds. The zero-order chi connectivity index (χ0) is 34.8. The lowest BCUT2D eigenvalue weighted by Gasteiger charge is -2.27. The van der Waals surface area contributed by atoms with Crippen molar-refractivity contribution in [1.82, 2.24) is 16.0 Å². The van der Waals surface area contributed by atoms with Gasteiger partial charge in [-0.25, -0.2) is 8.42 Å². The zero-order valence-corrected chi connectivity index (χ0v) is 28.7. The number of methoxy groups -OCH3 is 1. The molecule has 0 saturated heterocycles. The molecule has 11 heteroatoms. The molecule has 0 aliphatic rings. The number of ether oxygens (including phenoxy) is 1. The van der Waals surface area contributed by atoms with E-state index in [0.29, 0.717) is 6.42 Å². The first kappa shape index (κ1) is 36.1. The molecule has 4 aromatic rings. The van der Waals surface area contributed by atoms with Crippen LogP contribution in [0.1, 0.15) is 63.3 Å². The first-order valence-electron chi connectivity index (χ1n) is 15.7. The molecule has 0 saturated carbocycles. The van der Waals surface area contributed by atoms with E-state index in [1.807, 2.05) is 98.8 Å². The van der Waals surface area contributed by atoms with Crippen molar-refractivity contribution in [3.63, 3.8) is 0 Å². The van der Waals surface area contributed by atoms with Gasteiger partial charge < -0.3 is 25.8 Å². The van der Waals surface area contributed by atoms with Gasteiger partial charge in [0.05, 0.1) is 37.2 Å². The van der Waals surface area contributed by atoms with Crippen LogP contribution in [0.4, 0.5) is 5.69 Å². The van der Waals surface area contributed by atoms with Gasteiger partial charge in [0.1, 0.15) is 5.75 Å². The Kier molecular flexibility index (Phi) is 12.4. The number of sulfonamides is 1. The fourth-order valence-corrected chi connectivity index (χ4v) is 5.71. The number of rotatable bonds is 15. The van der Waals surface area contributed by atoms with Crippen molar-refractivity contribution in [2.45, 2.75) is 44.5 Å². The summed E-state index contributed by atoms with van der Waals surface area (Å²) in [6.07, 6.45) is 0.370. The van der Waals surface area contributed by atoms with Crippen LogP contribution < -0.4 is 25.0 Å². The molecule has 0 aromatic heterocycles. The van der Waals surface area contributed by atoms with E-state index in [2.05, 4.69) is 16.0 Å². The molecule has 0 aliphatic carbocycles. The van der Waals surface area contributed by atoms with Crippen LogP contribution in [0, 0.1) is 0 Å². The number of carbonyl (C=O) groups excluding carboxylic acids is 2. The fourth-order valence-electron chi connectivity index (χ4n) is 5.22. The molecular formula is C37H44N4O6S. The number of hydrogen-bond acceptors (Lipinski definition) is 7. The average molecular weight is 673 g/mol. The number of anilines is 1. The maximum atomic E-state index is 13.9. The number of nitrogens with one attached hydrogen (secondary N) is 3. The number of aliphatic hydroxyl groups is 1. The molecule has 0 heterocycles. The summed E-state index contributed by atoms with van der Waals surface area (Å²) >= 11 is 0.